The van der Waals surface area contributed by atoms with Gasteiger partial charge in [-0.1, -0.05) is 77.9 Å². The van der Waals surface area contributed by atoms with Gasteiger partial charge >= 0.3 is 0 Å². The average Bonchev–Trinajstić information content (AvgIpc) is 2.82. The van der Waals surface area contributed by atoms with Gasteiger partial charge in [0.2, 0.25) is 0 Å². The molecule has 0 aliphatic heterocycles. The maximum absolute atomic E-state index is 14.1. The van der Waals surface area contributed by atoms with E-state index in [9.17, 15) is 9.59 Å². The lowest BCUT2D eigenvalue weighted by Gasteiger charge is -2.26. The minimum Gasteiger partial charge on any atom is -0.398 e. The van der Waals surface area contributed by atoms with Crippen molar-refractivity contribution in [2.24, 2.45) is 0 Å². The molecule has 1 aliphatic carbocycles. The van der Waals surface area contributed by atoms with Crippen LogP contribution in [-0.4, -0.2) is 11.6 Å². The van der Waals surface area contributed by atoms with Crippen LogP contribution < -0.4 is 11.5 Å². The number of aryl methyl sites for hydroxylation is 2. The number of nitrogens with two attached hydrogens (primary N) is 2. The van der Waals surface area contributed by atoms with Gasteiger partial charge in [-0.25, -0.2) is 0 Å². The van der Waals surface area contributed by atoms with Gasteiger partial charge in [-0.15, -0.1) is 0 Å². The SMILES string of the molecule is Cc1ccc(-c2cccc3c2C(=O)c2c(c(N)c(C)c(N)c2-c2ccc(C)cc2)C3=O)cc1. The topological polar surface area (TPSA) is 86.2 Å². The van der Waals surface area contributed by atoms with Crippen LogP contribution in [-0.2, 0) is 0 Å². The first kappa shape index (κ1) is 20.7. The minimum absolute atomic E-state index is 0.232. The van der Waals surface area contributed by atoms with Gasteiger partial charge in [-0.2, -0.15) is 0 Å². The lowest BCUT2D eigenvalue weighted by atomic mass is 9.75. The Kier molecular flexibility index (Phi) is 4.68. The van der Waals surface area contributed by atoms with Crippen molar-refractivity contribution < 1.29 is 9.59 Å². The van der Waals surface area contributed by atoms with Crippen LogP contribution in [0.1, 0.15) is 48.5 Å². The molecule has 0 fully saturated rings. The maximum Gasteiger partial charge on any atom is 0.196 e. The van der Waals surface area contributed by atoms with Crippen LogP contribution in [0.4, 0.5) is 11.4 Å². The van der Waals surface area contributed by atoms with Crippen molar-refractivity contribution in [1.82, 2.24) is 0 Å². The standard InChI is InChI=1S/C29H24N2O2/c1-15-7-11-18(12-8-15)20-5-4-6-21-23(20)29(33)24-22(19-13-9-16(2)10-14-19)26(30)17(3)27(31)25(24)28(21)32/h4-14H,30-31H2,1-3H3. The first-order valence-corrected chi connectivity index (χ1v) is 10.9. The molecule has 0 saturated heterocycles. The van der Waals surface area contributed by atoms with E-state index in [1.54, 1.807) is 13.0 Å². The number of carbonyl (C=O) groups is 2. The van der Waals surface area contributed by atoms with Crippen LogP contribution in [0.2, 0.25) is 0 Å². The summed E-state index contributed by atoms with van der Waals surface area (Å²) in [5.74, 6) is -0.479. The van der Waals surface area contributed by atoms with Crippen LogP contribution in [0.3, 0.4) is 0 Å². The van der Waals surface area contributed by atoms with E-state index in [-0.39, 0.29) is 28.4 Å². The number of hydrogen-bond donors (Lipinski definition) is 2. The molecule has 5 rings (SSSR count). The van der Waals surface area contributed by atoms with Crippen molar-refractivity contribution >= 4 is 22.9 Å². The van der Waals surface area contributed by atoms with Gasteiger partial charge in [0.25, 0.3) is 0 Å². The zero-order chi connectivity index (χ0) is 23.4. The second kappa shape index (κ2) is 7.45. The Morgan fingerprint density at radius 2 is 1.03 bits per heavy atom. The molecule has 162 valence electrons. The monoisotopic (exact) mass is 432 g/mol. The number of anilines is 2. The molecule has 0 spiro atoms. The van der Waals surface area contributed by atoms with Gasteiger partial charge in [0, 0.05) is 33.6 Å². The summed E-state index contributed by atoms with van der Waals surface area (Å²) in [6.07, 6.45) is 0. The van der Waals surface area contributed by atoms with Crippen LogP contribution in [0.25, 0.3) is 22.3 Å². The molecular weight excluding hydrogens is 408 g/mol. The molecule has 0 amide bonds. The van der Waals surface area contributed by atoms with Crippen LogP contribution >= 0.6 is 0 Å². The number of hydrogen-bond acceptors (Lipinski definition) is 4. The Bertz CT molecular complexity index is 1460. The number of rotatable bonds is 2. The van der Waals surface area contributed by atoms with Crippen molar-refractivity contribution in [1.29, 1.82) is 0 Å². The van der Waals surface area contributed by atoms with E-state index in [2.05, 4.69) is 0 Å². The molecule has 0 bridgehead atoms. The summed E-state index contributed by atoms with van der Waals surface area (Å²) in [5, 5.41) is 0. The van der Waals surface area contributed by atoms with Crippen molar-refractivity contribution in [2.45, 2.75) is 20.8 Å². The molecule has 0 radical (unpaired) electrons. The molecule has 0 saturated carbocycles. The Hall–Kier alpha value is -4.18. The van der Waals surface area contributed by atoms with E-state index in [1.807, 2.05) is 74.5 Å². The smallest absolute Gasteiger partial charge is 0.196 e. The van der Waals surface area contributed by atoms with Gasteiger partial charge in [-0.05, 0) is 43.0 Å². The highest BCUT2D eigenvalue weighted by Gasteiger charge is 2.37. The summed E-state index contributed by atoms with van der Waals surface area (Å²) < 4.78 is 0. The molecule has 0 aromatic heterocycles. The van der Waals surface area contributed by atoms with E-state index in [0.29, 0.717) is 27.9 Å². The van der Waals surface area contributed by atoms with Gasteiger partial charge < -0.3 is 11.5 Å². The molecule has 4 aromatic rings. The fourth-order valence-corrected chi connectivity index (χ4v) is 4.62. The van der Waals surface area contributed by atoms with E-state index in [0.717, 1.165) is 27.8 Å². The molecule has 4 heteroatoms. The summed E-state index contributed by atoms with van der Waals surface area (Å²) >= 11 is 0. The molecule has 4 N–H and O–H groups in total. The molecule has 0 unspecified atom stereocenters. The second-order valence-corrected chi connectivity index (χ2v) is 8.70. The molecule has 33 heavy (non-hydrogen) atoms. The van der Waals surface area contributed by atoms with E-state index >= 15 is 0 Å². The normalized spacial score (nSPS) is 12.5. The first-order chi connectivity index (χ1) is 15.8. The number of ketones is 2. The molecular formula is C29H24N2O2. The Morgan fingerprint density at radius 3 is 1.64 bits per heavy atom. The quantitative estimate of drug-likeness (QED) is 0.341. The zero-order valence-corrected chi connectivity index (χ0v) is 18.8. The Morgan fingerprint density at radius 1 is 0.515 bits per heavy atom. The summed E-state index contributed by atoms with van der Waals surface area (Å²) in [7, 11) is 0. The Labute approximate surface area is 192 Å². The third-order valence-electron chi connectivity index (χ3n) is 6.54. The Balaban J connectivity index is 1.85. The largest absolute Gasteiger partial charge is 0.398 e. The molecule has 4 aromatic carbocycles. The van der Waals surface area contributed by atoms with Gasteiger partial charge in [0.1, 0.15) is 0 Å². The fourth-order valence-electron chi connectivity index (χ4n) is 4.62. The summed E-state index contributed by atoms with van der Waals surface area (Å²) in [6, 6.07) is 21.1. The van der Waals surface area contributed by atoms with E-state index in [1.165, 1.54) is 0 Å². The van der Waals surface area contributed by atoms with Gasteiger partial charge in [0.05, 0.1) is 5.56 Å². The number of carbonyl (C=O) groups excluding carboxylic acids is 2. The van der Waals surface area contributed by atoms with Gasteiger partial charge in [-0.3, -0.25) is 9.59 Å². The van der Waals surface area contributed by atoms with Crippen LogP contribution in [0, 0.1) is 20.8 Å². The highest BCUT2D eigenvalue weighted by atomic mass is 16.1. The molecule has 0 heterocycles. The van der Waals surface area contributed by atoms with E-state index < -0.39 is 0 Å². The molecule has 1 aliphatic rings. The van der Waals surface area contributed by atoms with Crippen LogP contribution in [0.15, 0.2) is 66.7 Å². The van der Waals surface area contributed by atoms with Crippen molar-refractivity contribution in [3.8, 4) is 22.3 Å². The lowest BCUT2D eigenvalue weighted by molar-refractivity contribution is 0.0980. The third-order valence-corrected chi connectivity index (χ3v) is 6.54. The van der Waals surface area contributed by atoms with E-state index in [4.69, 9.17) is 11.5 Å². The fraction of sp³-hybridized carbons (Fsp3) is 0.103. The summed E-state index contributed by atoms with van der Waals surface area (Å²) in [4.78, 5) is 27.9. The zero-order valence-electron chi connectivity index (χ0n) is 18.8. The third kappa shape index (κ3) is 3.06. The van der Waals surface area contributed by atoms with Crippen molar-refractivity contribution in [3.05, 3.63) is 106 Å². The summed E-state index contributed by atoms with van der Waals surface area (Å²) in [6.45, 7) is 5.80. The summed E-state index contributed by atoms with van der Waals surface area (Å²) in [5.41, 5.74) is 20.7. The maximum atomic E-state index is 14.1. The highest BCUT2D eigenvalue weighted by molar-refractivity contribution is 6.34. The first-order valence-electron chi connectivity index (χ1n) is 10.9. The second-order valence-electron chi connectivity index (χ2n) is 8.70. The number of fused-ring (bicyclic) bond motifs is 2. The van der Waals surface area contributed by atoms with Crippen LogP contribution in [0.5, 0.6) is 0 Å². The lowest BCUT2D eigenvalue weighted by Crippen LogP contribution is -2.25. The predicted molar refractivity (Wildman–Crippen MR) is 134 cm³/mol. The number of benzene rings is 4. The molecule has 0 atom stereocenters. The number of nitrogen functional groups attached to an aromatic ring is 2. The predicted octanol–water partition coefficient (Wildman–Crippen LogP) is 5.89. The molecule has 4 nitrogen and oxygen atoms in total. The van der Waals surface area contributed by atoms with Crippen molar-refractivity contribution in [3.63, 3.8) is 0 Å². The highest BCUT2D eigenvalue weighted by Crippen LogP contribution is 2.45. The average molecular weight is 433 g/mol. The van der Waals surface area contributed by atoms with Gasteiger partial charge in [0.15, 0.2) is 11.6 Å². The van der Waals surface area contributed by atoms with Crippen molar-refractivity contribution in [2.75, 3.05) is 11.5 Å². The minimum atomic E-state index is -0.248.